The molecule has 0 aliphatic carbocycles. The van der Waals surface area contributed by atoms with E-state index in [0.717, 1.165) is 19.6 Å². The zero-order valence-corrected chi connectivity index (χ0v) is 17.0. The van der Waals surface area contributed by atoms with Crippen molar-refractivity contribution in [3.05, 3.63) is 58.1 Å². The molecule has 1 saturated heterocycles. The van der Waals surface area contributed by atoms with Gasteiger partial charge >= 0.3 is 0 Å². The minimum atomic E-state index is -1.14. The summed E-state index contributed by atoms with van der Waals surface area (Å²) in [7, 11) is 0. The van der Waals surface area contributed by atoms with Gasteiger partial charge in [0.25, 0.3) is 0 Å². The molecule has 28 heavy (non-hydrogen) atoms. The van der Waals surface area contributed by atoms with Crippen molar-refractivity contribution in [1.82, 2.24) is 5.32 Å². The Morgan fingerprint density at radius 2 is 1.75 bits per heavy atom. The summed E-state index contributed by atoms with van der Waals surface area (Å²) in [5.41, 5.74) is 1.80. The van der Waals surface area contributed by atoms with E-state index >= 15 is 0 Å². The van der Waals surface area contributed by atoms with E-state index in [1.54, 1.807) is 42.5 Å². The van der Waals surface area contributed by atoms with Crippen LogP contribution in [0.3, 0.4) is 0 Å². The fraction of sp³-hybridized carbons (Fsp3) is 0.350. The van der Waals surface area contributed by atoms with Crippen LogP contribution in [-0.2, 0) is 11.2 Å². The third-order valence-electron chi connectivity index (χ3n) is 4.35. The maximum atomic E-state index is 10.7. The molecule has 0 radical (unpaired) electrons. The molecule has 0 amide bonds. The molecule has 1 aliphatic heterocycles. The molecule has 0 saturated carbocycles. The van der Waals surface area contributed by atoms with Gasteiger partial charge in [-0.05, 0) is 23.8 Å². The summed E-state index contributed by atoms with van der Waals surface area (Å²) >= 11 is 12.1. The lowest BCUT2D eigenvalue weighted by molar-refractivity contribution is -0.902. The SMILES string of the molecule is O=C([O-])Cc1ccccc1Nc1c(Cl)cccc1Cl.OCC[NH+]1CCNCC1. The Balaban J connectivity index is 0.000000261. The maximum Gasteiger partial charge on any atom is 0.101 e. The minimum Gasteiger partial charge on any atom is -0.550 e. The Bertz CT molecular complexity index is 745. The number of carbonyl (C=O) groups is 1. The molecule has 0 bridgehead atoms. The van der Waals surface area contributed by atoms with E-state index in [2.05, 4.69) is 10.6 Å². The summed E-state index contributed by atoms with van der Waals surface area (Å²) < 4.78 is 0. The van der Waals surface area contributed by atoms with Gasteiger partial charge in [0, 0.05) is 31.2 Å². The number of benzene rings is 2. The van der Waals surface area contributed by atoms with Crippen LogP contribution in [0, 0.1) is 0 Å². The summed E-state index contributed by atoms with van der Waals surface area (Å²) in [6, 6.07) is 12.2. The number of hydrogen-bond acceptors (Lipinski definition) is 5. The van der Waals surface area contributed by atoms with Crippen LogP contribution in [0.1, 0.15) is 5.56 Å². The third-order valence-corrected chi connectivity index (χ3v) is 4.98. The molecule has 1 fully saturated rings. The second-order valence-electron chi connectivity index (χ2n) is 6.40. The highest BCUT2D eigenvalue weighted by Gasteiger charge is 2.10. The van der Waals surface area contributed by atoms with Crippen LogP contribution in [0.15, 0.2) is 42.5 Å². The van der Waals surface area contributed by atoms with Gasteiger partial charge in [-0.3, -0.25) is 0 Å². The Morgan fingerprint density at radius 1 is 1.11 bits per heavy atom. The standard InChI is InChI=1S/C14H11Cl2NO2.C6H14N2O/c15-10-5-3-6-11(16)14(10)17-12-7-2-1-4-9(12)8-13(18)19;9-6-5-8-3-1-7-2-4-8/h1-7,17H,8H2,(H,18,19);7,9H,1-6H2. The number of carboxylic acids is 1. The number of halogens is 2. The van der Waals surface area contributed by atoms with Crippen molar-refractivity contribution in [3.63, 3.8) is 0 Å². The van der Waals surface area contributed by atoms with Crippen LogP contribution in [0.5, 0.6) is 0 Å². The fourth-order valence-corrected chi connectivity index (χ4v) is 3.38. The molecule has 2 aromatic carbocycles. The molecule has 4 N–H and O–H groups in total. The predicted molar refractivity (Wildman–Crippen MR) is 110 cm³/mol. The monoisotopic (exact) mass is 425 g/mol. The molecule has 0 unspecified atom stereocenters. The number of carboxylic acid groups (broad SMARTS) is 1. The van der Waals surface area contributed by atoms with Crippen LogP contribution in [0.25, 0.3) is 0 Å². The molecule has 0 spiro atoms. The average molecular weight is 426 g/mol. The first kappa shape index (κ1) is 22.5. The van der Waals surface area contributed by atoms with Crippen molar-refractivity contribution in [2.24, 2.45) is 0 Å². The number of rotatable bonds is 6. The van der Waals surface area contributed by atoms with Crippen molar-refractivity contribution >= 4 is 40.5 Å². The number of para-hydroxylation sites is 2. The first-order chi connectivity index (χ1) is 13.5. The summed E-state index contributed by atoms with van der Waals surface area (Å²) in [4.78, 5) is 12.2. The predicted octanol–water partition coefficient (Wildman–Crippen LogP) is 0.496. The van der Waals surface area contributed by atoms with Crippen LogP contribution in [0.2, 0.25) is 10.0 Å². The number of anilines is 2. The van der Waals surface area contributed by atoms with E-state index in [0.29, 0.717) is 33.6 Å². The minimum absolute atomic E-state index is 0.175. The number of carbonyl (C=O) groups excluding carboxylic acids is 1. The van der Waals surface area contributed by atoms with Crippen LogP contribution in [0.4, 0.5) is 11.4 Å². The molecular weight excluding hydrogens is 401 g/mol. The molecular formula is C20H25Cl2N3O3. The molecule has 152 valence electrons. The highest BCUT2D eigenvalue weighted by molar-refractivity contribution is 6.39. The average Bonchev–Trinajstić information content (AvgIpc) is 2.67. The Morgan fingerprint density at radius 3 is 2.36 bits per heavy atom. The first-order valence-corrected chi connectivity index (χ1v) is 9.90. The highest BCUT2D eigenvalue weighted by Crippen LogP contribution is 2.33. The smallest absolute Gasteiger partial charge is 0.101 e. The van der Waals surface area contributed by atoms with Gasteiger partial charge in [0.05, 0.1) is 35.4 Å². The summed E-state index contributed by atoms with van der Waals surface area (Å²) in [6.07, 6.45) is -0.175. The van der Waals surface area contributed by atoms with Crippen molar-refractivity contribution in [1.29, 1.82) is 0 Å². The number of quaternary nitrogens is 1. The molecule has 2 aromatic rings. The zero-order valence-electron chi connectivity index (χ0n) is 15.5. The van der Waals surface area contributed by atoms with Crippen molar-refractivity contribution < 1.29 is 19.9 Å². The summed E-state index contributed by atoms with van der Waals surface area (Å²) in [5, 5.41) is 26.6. The maximum absolute atomic E-state index is 10.7. The second-order valence-corrected chi connectivity index (χ2v) is 7.22. The molecule has 1 aliphatic rings. The largest absolute Gasteiger partial charge is 0.550 e. The molecule has 8 heteroatoms. The van der Waals surface area contributed by atoms with Crippen molar-refractivity contribution in [2.75, 3.05) is 44.6 Å². The zero-order chi connectivity index (χ0) is 20.4. The highest BCUT2D eigenvalue weighted by atomic mass is 35.5. The van der Waals surface area contributed by atoms with Gasteiger partial charge < -0.3 is 30.5 Å². The number of aliphatic hydroxyl groups excluding tert-OH is 1. The van der Waals surface area contributed by atoms with Gasteiger partial charge in [-0.2, -0.15) is 0 Å². The second kappa shape index (κ2) is 11.9. The Kier molecular flexibility index (Phi) is 9.54. The van der Waals surface area contributed by atoms with Crippen LogP contribution >= 0.6 is 23.2 Å². The topological polar surface area (TPSA) is 88.9 Å². The van der Waals surface area contributed by atoms with Gasteiger partial charge in [0.1, 0.15) is 6.54 Å². The van der Waals surface area contributed by atoms with Crippen LogP contribution in [-0.4, -0.2) is 50.4 Å². The number of hydrogen-bond donors (Lipinski definition) is 4. The number of aliphatic carboxylic acids is 1. The Labute approximate surface area is 175 Å². The molecule has 3 rings (SSSR count). The van der Waals surface area contributed by atoms with Gasteiger partial charge in [-0.25, -0.2) is 0 Å². The van der Waals surface area contributed by atoms with E-state index in [1.165, 1.54) is 18.0 Å². The van der Waals surface area contributed by atoms with Gasteiger partial charge in [0.15, 0.2) is 0 Å². The number of aliphatic hydroxyl groups is 1. The third kappa shape index (κ3) is 7.30. The summed E-state index contributed by atoms with van der Waals surface area (Å²) in [5.74, 6) is -1.14. The number of nitrogens with one attached hydrogen (secondary N) is 3. The molecule has 1 heterocycles. The lowest BCUT2D eigenvalue weighted by atomic mass is 10.1. The molecule has 6 nitrogen and oxygen atoms in total. The lowest BCUT2D eigenvalue weighted by Gasteiger charge is -2.23. The van der Waals surface area contributed by atoms with E-state index < -0.39 is 5.97 Å². The summed E-state index contributed by atoms with van der Waals surface area (Å²) in [6.45, 7) is 5.79. The van der Waals surface area contributed by atoms with Gasteiger partial charge in [0.2, 0.25) is 0 Å². The lowest BCUT2D eigenvalue weighted by Crippen LogP contribution is -3.15. The first-order valence-electron chi connectivity index (χ1n) is 9.15. The van der Waals surface area contributed by atoms with Crippen LogP contribution < -0.4 is 20.6 Å². The van der Waals surface area contributed by atoms with Crippen molar-refractivity contribution in [2.45, 2.75) is 6.42 Å². The normalized spacial score (nSPS) is 14.1. The quantitative estimate of drug-likeness (QED) is 0.540. The van der Waals surface area contributed by atoms with E-state index in [4.69, 9.17) is 28.3 Å². The fourth-order valence-electron chi connectivity index (χ4n) is 2.89. The van der Waals surface area contributed by atoms with Gasteiger partial charge in [-0.1, -0.05) is 47.5 Å². The Hall–Kier alpha value is -1.83. The van der Waals surface area contributed by atoms with E-state index in [9.17, 15) is 9.90 Å². The van der Waals surface area contributed by atoms with Gasteiger partial charge in [-0.15, -0.1) is 0 Å². The van der Waals surface area contributed by atoms with Crippen molar-refractivity contribution in [3.8, 4) is 0 Å². The van der Waals surface area contributed by atoms with E-state index in [-0.39, 0.29) is 6.42 Å². The molecule has 0 aromatic heterocycles. The number of piperazine rings is 1. The van der Waals surface area contributed by atoms with E-state index in [1.807, 2.05) is 0 Å². The molecule has 0 atom stereocenters.